The smallest absolute Gasteiger partial charge is 0.138 e. The van der Waals surface area contributed by atoms with Crippen LogP contribution in [0, 0.1) is 0 Å². The predicted octanol–water partition coefficient (Wildman–Crippen LogP) is 2.80. The Hall–Kier alpha value is -1.32. The number of hydrogen-bond acceptors (Lipinski definition) is 3. The topological polar surface area (TPSA) is 38.7 Å². The molecule has 3 heteroatoms. The molecule has 0 saturated carbocycles. The number of rotatable bonds is 4. The van der Waals surface area contributed by atoms with Gasteiger partial charge >= 0.3 is 0 Å². The number of benzene rings is 1. The van der Waals surface area contributed by atoms with E-state index in [1.807, 2.05) is 0 Å². The van der Waals surface area contributed by atoms with Crippen molar-refractivity contribution in [3.8, 4) is 5.75 Å². The molecule has 0 aromatic heterocycles. The molecule has 14 heavy (non-hydrogen) atoms. The van der Waals surface area contributed by atoms with Gasteiger partial charge in [-0.15, -0.1) is 0 Å². The maximum Gasteiger partial charge on any atom is 0.138 e. The summed E-state index contributed by atoms with van der Waals surface area (Å²) in [5.41, 5.74) is 0.319. The van der Waals surface area contributed by atoms with Crippen LogP contribution in [0.15, 0.2) is 36.4 Å². The van der Waals surface area contributed by atoms with Crippen LogP contribution in [0.2, 0.25) is 0 Å². The standard InChI is InChI=1S/C11H14O3/c1-8(2)11(14-12)9-4-6-10(13-3)7-5-9/h4-7,11-12H,1H2,2-3H3/i2D3. The first-order valence-electron chi connectivity index (χ1n) is 5.53. The highest BCUT2D eigenvalue weighted by atomic mass is 17.1. The van der Waals surface area contributed by atoms with Crippen molar-refractivity contribution in [2.75, 3.05) is 7.11 Å². The lowest BCUT2D eigenvalue weighted by Gasteiger charge is -2.13. The van der Waals surface area contributed by atoms with E-state index < -0.39 is 13.0 Å². The third-order valence-electron chi connectivity index (χ3n) is 1.84. The Balaban J connectivity index is 2.97. The van der Waals surface area contributed by atoms with E-state index in [2.05, 4.69) is 11.5 Å². The maximum atomic E-state index is 8.80. The van der Waals surface area contributed by atoms with Gasteiger partial charge in [-0.05, 0) is 30.1 Å². The van der Waals surface area contributed by atoms with Crippen molar-refractivity contribution in [3.05, 3.63) is 42.0 Å². The van der Waals surface area contributed by atoms with Crippen molar-refractivity contribution in [1.29, 1.82) is 0 Å². The molecule has 0 fully saturated rings. The van der Waals surface area contributed by atoms with Crippen LogP contribution in [0.25, 0.3) is 0 Å². The second-order valence-electron chi connectivity index (χ2n) is 2.78. The average Bonchev–Trinajstić information content (AvgIpc) is 2.29. The Morgan fingerprint density at radius 1 is 1.50 bits per heavy atom. The summed E-state index contributed by atoms with van der Waals surface area (Å²) in [5, 5.41) is 8.80. The first-order chi connectivity index (χ1) is 7.90. The van der Waals surface area contributed by atoms with E-state index in [4.69, 9.17) is 14.1 Å². The molecule has 1 aromatic carbocycles. The van der Waals surface area contributed by atoms with E-state index in [0.717, 1.165) is 0 Å². The number of hydrogen-bond donors (Lipinski definition) is 1. The molecule has 1 rings (SSSR count). The molecule has 76 valence electrons. The van der Waals surface area contributed by atoms with E-state index in [0.29, 0.717) is 11.3 Å². The molecule has 1 unspecified atom stereocenters. The molecular formula is C11H14O3. The summed E-state index contributed by atoms with van der Waals surface area (Å²) in [6, 6.07) is 6.51. The van der Waals surface area contributed by atoms with Crippen molar-refractivity contribution in [1.82, 2.24) is 0 Å². The van der Waals surface area contributed by atoms with E-state index in [9.17, 15) is 0 Å². The van der Waals surface area contributed by atoms with E-state index in [1.54, 1.807) is 24.3 Å². The minimum atomic E-state index is -2.38. The summed E-state index contributed by atoms with van der Waals surface area (Å²) in [5.74, 6) is 0.630. The van der Waals surface area contributed by atoms with Gasteiger partial charge in [0, 0.05) is 4.11 Å². The van der Waals surface area contributed by atoms with Gasteiger partial charge in [-0.2, -0.15) is 0 Å². The molecule has 1 N–H and O–H groups in total. The fourth-order valence-corrected chi connectivity index (χ4v) is 1.10. The van der Waals surface area contributed by atoms with Crippen LogP contribution >= 0.6 is 0 Å². The fraction of sp³-hybridized carbons (Fsp3) is 0.273. The lowest BCUT2D eigenvalue weighted by atomic mass is 10.0. The van der Waals surface area contributed by atoms with Gasteiger partial charge in [0.2, 0.25) is 0 Å². The van der Waals surface area contributed by atoms with Crippen LogP contribution in [0.5, 0.6) is 5.75 Å². The van der Waals surface area contributed by atoms with E-state index in [-0.39, 0.29) is 5.57 Å². The minimum Gasteiger partial charge on any atom is -0.497 e. The number of methoxy groups -OCH3 is 1. The Kier molecular flexibility index (Phi) is 2.41. The van der Waals surface area contributed by atoms with Crippen molar-refractivity contribution in [2.24, 2.45) is 0 Å². The molecule has 0 spiro atoms. The van der Waals surface area contributed by atoms with Gasteiger partial charge < -0.3 is 4.74 Å². The maximum absolute atomic E-state index is 8.80. The van der Waals surface area contributed by atoms with Crippen molar-refractivity contribution in [2.45, 2.75) is 13.0 Å². The lowest BCUT2D eigenvalue weighted by molar-refractivity contribution is -0.271. The molecule has 3 nitrogen and oxygen atoms in total. The van der Waals surface area contributed by atoms with Gasteiger partial charge in [-0.25, -0.2) is 4.89 Å². The minimum absolute atomic E-state index is 0.176. The highest BCUT2D eigenvalue weighted by Crippen LogP contribution is 2.24. The van der Waals surface area contributed by atoms with Crippen molar-refractivity contribution >= 4 is 0 Å². The van der Waals surface area contributed by atoms with Crippen LogP contribution in [0.4, 0.5) is 0 Å². The average molecular weight is 197 g/mol. The van der Waals surface area contributed by atoms with Crippen molar-refractivity contribution in [3.63, 3.8) is 0 Å². The Bertz CT molecular complexity index is 384. The van der Waals surface area contributed by atoms with E-state index >= 15 is 0 Å². The first kappa shape index (κ1) is 7.04. The van der Waals surface area contributed by atoms with E-state index in [1.165, 1.54) is 7.11 Å². The quantitative estimate of drug-likeness (QED) is 0.458. The zero-order chi connectivity index (χ0) is 13.1. The molecule has 0 radical (unpaired) electrons. The molecule has 1 aromatic rings. The van der Waals surface area contributed by atoms with Crippen molar-refractivity contribution < 1.29 is 19.0 Å². The third kappa shape index (κ3) is 2.34. The van der Waals surface area contributed by atoms with Gasteiger partial charge in [-0.1, -0.05) is 18.7 Å². The van der Waals surface area contributed by atoms with Crippen LogP contribution in [-0.2, 0) is 4.89 Å². The summed E-state index contributed by atoms with van der Waals surface area (Å²) in [6.07, 6.45) is -1.08. The van der Waals surface area contributed by atoms with Crippen LogP contribution < -0.4 is 4.74 Å². The monoisotopic (exact) mass is 197 g/mol. The third-order valence-corrected chi connectivity index (χ3v) is 1.84. The van der Waals surface area contributed by atoms with Gasteiger partial charge in [-0.3, -0.25) is 5.26 Å². The molecule has 0 bridgehead atoms. The molecule has 0 amide bonds. The molecule has 0 aliphatic heterocycles. The number of ether oxygens (including phenoxy) is 1. The Labute approximate surface area is 87.7 Å². The summed E-state index contributed by atoms with van der Waals surface area (Å²) >= 11 is 0. The Morgan fingerprint density at radius 3 is 2.57 bits per heavy atom. The molecule has 0 aliphatic carbocycles. The van der Waals surface area contributed by atoms with Crippen LogP contribution in [-0.4, -0.2) is 12.4 Å². The lowest BCUT2D eigenvalue weighted by Crippen LogP contribution is -2.02. The molecule has 0 heterocycles. The fourth-order valence-electron chi connectivity index (χ4n) is 1.10. The predicted molar refractivity (Wildman–Crippen MR) is 54.3 cm³/mol. The zero-order valence-corrected chi connectivity index (χ0v) is 7.86. The van der Waals surface area contributed by atoms with Gasteiger partial charge in [0.05, 0.1) is 7.11 Å². The SMILES string of the molecule is [2H]C([2H])([2H])C(=C)C(OO)c1ccc(OC)cc1. The summed E-state index contributed by atoms with van der Waals surface area (Å²) in [6.45, 7) is 1.06. The summed E-state index contributed by atoms with van der Waals surface area (Å²) in [7, 11) is 1.52. The molecule has 1 atom stereocenters. The van der Waals surface area contributed by atoms with Gasteiger partial charge in [0.1, 0.15) is 11.9 Å². The molecule has 0 aliphatic rings. The zero-order valence-electron chi connectivity index (χ0n) is 10.9. The largest absolute Gasteiger partial charge is 0.497 e. The summed E-state index contributed by atoms with van der Waals surface area (Å²) < 4.78 is 26.6. The van der Waals surface area contributed by atoms with Crippen LogP contribution in [0.3, 0.4) is 0 Å². The highest BCUT2D eigenvalue weighted by molar-refractivity contribution is 5.31. The second-order valence-corrected chi connectivity index (χ2v) is 2.78. The second kappa shape index (κ2) is 4.79. The van der Waals surface area contributed by atoms with Gasteiger partial charge in [0.25, 0.3) is 0 Å². The highest BCUT2D eigenvalue weighted by Gasteiger charge is 2.12. The normalized spacial score (nSPS) is 16.3. The summed E-state index contributed by atoms with van der Waals surface area (Å²) in [4.78, 5) is 4.20. The molecular weight excluding hydrogens is 180 g/mol. The van der Waals surface area contributed by atoms with Crippen LogP contribution in [0.1, 0.15) is 22.6 Å². The Morgan fingerprint density at radius 2 is 2.14 bits per heavy atom. The van der Waals surface area contributed by atoms with Gasteiger partial charge in [0.15, 0.2) is 0 Å². The first-order valence-corrected chi connectivity index (χ1v) is 4.03. The molecule has 0 saturated heterocycles.